The molecule has 2 fully saturated rings. The molecule has 1 aliphatic heterocycles. The molecule has 4 atom stereocenters. The van der Waals surface area contributed by atoms with Crippen molar-refractivity contribution in [3.63, 3.8) is 0 Å². The number of imide groups is 1. The average molecular weight is 556 g/mol. The number of fused-ring (bicyclic) bond motifs is 5. The van der Waals surface area contributed by atoms with Gasteiger partial charge in [-0.3, -0.25) is 14.4 Å². The van der Waals surface area contributed by atoms with Crippen LogP contribution in [-0.4, -0.2) is 42.2 Å². The van der Waals surface area contributed by atoms with Crippen molar-refractivity contribution >= 4 is 45.6 Å². The lowest BCUT2D eigenvalue weighted by Crippen LogP contribution is -2.28. The van der Waals surface area contributed by atoms with Gasteiger partial charge in [0.15, 0.2) is 18.1 Å². The third-order valence-electron chi connectivity index (χ3n) is 6.63. The SMILES string of the molecule is CCOc1cc(C=NN2C(=O)[C@@H]3[C@H](C2=O)[C@H]2C=C[C@H]3C2)c(Br)cc1OCC(=O)Nc1ccccc1F. The van der Waals surface area contributed by atoms with Gasteiger partial charge in [0.05, 0.1) is 30.3 Å². The minimum atomic E-state index is -0.547. The largest absolute Gasteiger partial charge is 0.490 e. The Hall–Kier alpha value is -3.53. The number of para-hydroxylation sites is 1. The maximum Gasteiger partial charge on any atom is 0.262 e. The second-order valence-electron chi connectivity index (χ2n) is 8.80. The maximum atomic E-state index is 13.8. The van der Waals surface area contributed by atoms with E-state index in [1.807, 2.05) is 12.2 Å². The van der Waals surface area contributed by atoms with E-state index in [-0.39, 0.29) is 53.5 Å². The Morgan fingerprint density at radius 3 is 2.47 bits per heavy atom. The Morgan fingerprint density at radius 1 is 1.14 bits per heavy atom. The van der Waals surface area contributed by atoms with Gasteiger partial charge in [-0.05, 0) is 65.4 Å². The molecule has 36 heavy (non-hydrogen) atoms. The molecule has 0 radical (unpaired) electrons. The number of anilines is 1. The van der Waals surface area contributed by atoms with Crippen LogP contribution in [0.2, 0.25) is 0 Å². The van der Waals surface area contributed by atoms with Crippen LogP contribution in [0.15, 0.2) is 58.1 Å². The van der Waals surface area contributed by atoms with Gasteiger partial charge < -0.3 is 14.8 Å². The quantitative estimate of drug-likeness (QED) is 0.300. The van der Waals surface area contributed by atoms with Crippen molar-refractivity contribution in [2.75, 3.05) is 18.5 Å². The first-order chi connectivity index (χ1) is 17.4. The third-order valence-corrected chi connectivity index (χ3v) is 7.32. The van der Waals surface area contributed by atoms with E-state index in [1.165, 1.54) is 24.4 Å². The van der Waals surface area contributed by atoms with Crippen LogP contribution in [0.25, 0.3) is 0 Å². The molecule has 2 aromatic carbocycles. The summed E-state index contributed by atoms with van der Waals surface area (Å²) in [6, 6.07) is 9.08. The number of hydrogen-bond donors (Lipinski definition) is 1. The Labute approximate surface area is 215 Å². The zero-order valence-corrected chi connectivity index (χ0v) is 20.9. The van der Waals surface area contributed by atoms with Crippen molar-refractivity contribution in [3.05, 3.63) is 64.4 Å². The zero-order chi connectivity index (χ0) is 25.4. The standard InChI is InChI=1S/C26H23BrFN3O5/c1-2-35-20-10-16(12-29-31-25(33)23-14-7-8-15(9-14)24(23)26(31)34)17(27)11-21(20)36-13-22(32)30-19-6-4-3-5-18(19)28/h3-8,10-12,14-15,23-24H,2,9,13H2,1H3,(H,30,32)/t14-,15-,23-,24+/m0/s1. The summed E-state index contributed by atoms with van der Waals surface area (Å²) in [7, 11) is 0. The lowest BCUT2D eigenvalue weighted by molar-refractivity contribution is -0.140. The molecule has 3 amide bonds. The number of carbonyl (C=O) groups excluding carboxylic acids is 3. The fraction of sp³-hybridized carbons (Fsp3) is 0.308. The van der Waals surface area contributed by atoms with Gasteiger partial charge in [0.1, 0.15) is 5.82 Å². The second kappa shape index (κ2) is 9.85. The van der Waals surface area contributed by atoms with Crippen LogP contribution < -0.4 is 14.8 Å². The van der Waals surface area contributed by atoms with Crippen LogP contribution >= 0.6 is 15.9 Å². The van der Waals surface area contributed by atoms with Gasteiger partial charge in [0.25, 0.3) is 17.7 Å². The maximum absolute atomic E-state index is 13.8. The highest BCUT2D eigenvalue weighted by Crippen LogP contribution is 2.52. The Balaban J connectivity index is 1.29. The molecule has 0 unspecified atom stereocenters. The van der Waals surface area contributed by atoms with Crippen LogP contribution in [0.4, 0.5) is 10.1 Å². The molecule has 186 valence electrons. The van der Waals surface area contributed by atoms with Crippen molar-refractivity contribution < 1.29 is 28.2 Å². The van der Waals surface area contributed by atoms with Crippen LogP contribution in [0.5, 0.6) is 11.5 Å². The number of allylic oxidation sites excluding steroid dienone is 2. The van der Waals surface area contributed by atoms with Crippen LogP contribution in [0, 0.1) is 29.5 Å². The molecule has 5 rings (SSSR count). The first-order valence-corrected chi connectivity index (χ1v) is 12.4. The van der Waals surface area contributed by atoms with Crippen molar-refractivity contribution in [2.24, 2.45) is 28.8 Å². The van der Waals surface area contributed by atoms with E-state index in [0.29, 0.717) is 22.4 Å². The number of benzene rings is 2. The molecule has 0 spiro atoms. The lowest BCUT2D eigenvalue weighted by Gasteiger charge is -2.15. The molecule has 1 saturated carbocycles. The number of rotatable bonds is 8. The molecular formula is C26H23BrFN3O5. The highest BCUT2D eigenvalue weighted by Gasteiger charge is 2.59. The summed E-state index contributed by atoms with van der Waals surface area (Å²) in [5.74, 6) is -1.40. The number of carbonyl (C=O) groups is 3. The van der Waals surface area contributed by atoms with Crippen molar-refractivity contribution in [1.82, 2.24) is 5.01 Å². The van der Waals surface area contributed by atoms with E-state index in [2.05, 4.69) is 26.3 Å². The summed E-state index contributed by atoms with van der Waals surface area (Å²) in [5, 5.41) is 7.65. The van der Waals surface area contributed by atoms with Gasteiger partial charge in [0.2, 0.25) is 0 Å². The molecular weight excluding hydrogens is 533 g/mol. The van der Waals surface area contributed by atoms with Gasteiger partial charge in [-0.25, -0.2) is 4.39 Å². The van der Waals surface area contributed by atoms with E-state index in [1.54, 1.807) is 25.1 Å². The van der Waals surface area contributed by atoms with Gasteiger partial charge in [-0.1, -0.05) is 24.3 Å². The summed E-state index contributed by atoms with van der Waals surface area (Å²) in [5.41, 5.74) is 0.614. The molecule has 10 heteroatoms. The molecule has 1 saturated heterocycles. The molecule has 2 aliphatic carbocycles. The highest BCUT2D eigenvalue weighted by atomic mass is 79.9. The Morgan fingerprint density at radius 2 is 1.81 bits per heavy atom. The summed E-state index contributed by atoms with van der Waals surface area (Å²) < 4.78 is 25.6. The first kappa shape index (κ1) is 24.2. The number of nitrogens with one attached hydrogen (secondary N) is 1. The Kier molecular flexibility index (Phi) is 6.61. The van der Waals surface area contributed by atoms with Gasteiger partial charge in [-0.15, -0.1) is 0 Å². The molecule has 1 N–H and O–H groups in total. The molecule has 0 aromatic heterocycles. The Bertz CT molecular complexity index is 1270. The molecule has 8 nitrogen and oxygen atoms in total. The average Bonchev–Trinajstić information content (AvgIpc) is 3.54. The summed E-state index contributed by atoms with van der Waals surface area (Å²) in [6.07, 6.45) is 6.34. The lowest BCUT2D eigenvalue weighted by atomic mass is 9.85. The molecule has 2 bridgehead atoms. The first-order valence-electron chi connectivity index (χ1n) is 11.6. The minimum Gasteiger partial charge on any atom is -0.490 e. The van der Waals surface area contributed by atoms with E-state index < -0.39 is 11.7 Å². The van der Waals surface area contributed by atoms with E-state index >= 15 is 0 Å². The van der Waals surface area contributed by atoms with Crippen LogP contribution in [-0.2, 0) is 14.4 Å². The van der Waals surface area contributed by atoms with Gasteiger partial charge in [-0.2, -0.15) is 10.1 Å². The zero-order valence-electron chi connectivity index (χ0n) is 19.3. The van der Waals surface area contributed by atoms with Crippen molar-refractivity contribution in [2.45, 2.75) is 13.3 Å². The van der Waals surface area contributed by atoms with Gasteiger partial charge in [0, 0.05) is 10.0 Å². The second-order valence-corrected chi connectivity index (χ2v) is 9.66. The third kappa shape index (κ3) is 4.41. The van der Waals surface area contributed by atoms with E-state index in [9.17, 15) is 18.8 Å². The van der Waals surface area contributed by atoms with Crippen LogP contribution in [0.3, 0.4) is 0 Å². The molecule has 1 heterocycles. The fourth-order valence-corrected chi connectivity index (χ4v) is 5.47. The smallest absolute Gasteiger partial charge is 0.262 e. The number of hydrazone groups is 1. The monoisotopic (exact) mass is 555 g/mol. The highest BCUT2D eigenvalue weighted by molar-refractivity contribution is 9.10. The fourth-order valence-electron chi connectivity index (χ4n) is 5.04. The van der Waals surface area contributed by atoms with Crippen molar-refractivity contribution in [1.29, 1.82) is 0 Å². The van der Waals surface area contributed by atoms with E-state index in [4.69, 9.17) is 9.47 Å². The van der Waals surface area contributed by atoms with Gasteiger partial charge >= 0.3 is 0 Å². The molecule has 2 aromatic rings. The summed E-state index contributed by atoms with van der Waals surface area (Å²) in [6.45, 7) is 1.76. The number of nitrogens with zero attached hydrogens (tertiary/aromatic N) is 2. The van der Waals surface area contributed by atoms with Crippen molar-refractivity contribution in [3.8, 4) is 11.5 Å². The number of halogens is 2. The van der Waals surface area contributed by atoms with E-state index in [0.717, 1.165) is 11.4 Å². The molecule has 3 aliphatic rings. The predicted molar refractivity (Wildman–Crippen MR) is 133 cm³/mol. The predicted octanol–water partition coefficient (Wildman–Crippen LogP) is 4.15. The number of hydrogen-bond acceptors (Lipinski definition) is 6. The number of amides is 3. The summed E-state index contributed by atoms with van der Waals surface area (Å²) >= 11 is 3.44. The minimum absolute atomic E-state index is 0.0582. The topological polar surface area (TPSA) is 97.3 Å². The summed E-state index contributed by atoms with van der Waals surface area (Å²) in [4.78, 5) is 38.0. The number of ether oxygens (including phenoxy) is 2. The van der Waals surface area contributed by atoms with Crippen LogP contribution in [0.1, 0.15) is 18.9 Å². The normalized spacial score (nSPS) is 24.0.